The van der Waals surface area contributed by atoms with Gasteiger partial charge in [-0.15, -0.1) is 0 Å². The molecule has 1 aromatic carbocycles. The van der Waals surface area contributed by atoms with E-state index in [1.54, 1.807) is 6.07 Å². The first kappa shape index (κ1) is 18.7. The minimum atomic E-state index is -0.118. The predicted octanol–water partition coefficient (Wildman–Crippen LogP) is 4.13. The Hall–Kier alpha value is -2.63. The molecule has 4 rings (SSSR count). The molecule has 0 unspecified atom stereocenters. The highest BCUT2D eigenvalue weighted by molar-refractivity contribution is 5.93. The van der Waals surface area contributed by atoms with Crippen molar-refractivity contribution in [2.45, 2.75) is 51.5 Å². The number of anilines is 3. The maximum absolute atomic E-state index is 12.4. The first-order valence-electron chi connectivity index (χ1n) is 10.4. The number of piperidine rings is 1. The molecule has 28 heavy (non-hydrogen) atoms. The monoisotopic (exact) mass is 379 g/mol. The summed E-state index contributed by atoms with van der Waals surface area (Å²) in [5, 5.41) is 6.35. The molecule has 2 aromatic rings. The molecule has 1 aliphatic heterocycles. The van der Waals surface area contributed by atoms with Crippen LogP contribution in [0, 0.1) is 5.92 Å². The van der Waals surface area contributed by atoms with E-state index in [4.69, 9.17) is 0 Å². The van der Waals surface area contributed by atoms with E-state index in [0.29, 0.717) is 11.5 Å². The highest BCUT2D eigenvalue weighted by atomic mass is 16.1. The minimum Gasteiger partial charge on any atom is -0.372 e. The number of aromatic nitrogens is 2. The fraction of sp³-hybridized carbons (Fsp3) is 0.500. The van der Waals surface area contributed by atoms with E-state index in [1.165, 1.54) is 37.7 Å². The van der Waals surface area contributed by atoms with Crippen LogP contribution in [0.25, 0.3) is 0 Å². The molecule has 0 radical (unpaired) electrons. The average molecular weight is 380 g/mol. The van der Waals surface area contributed by atoms with Crippen LogP contribution < -0.4 is 15.5 Å². The van der Waals surface area contributed by atoms with Crippen LogP contribution in [0.1, 0.15) is 55.9 Å². The van der Waals surface area contributed by atoms with E-state index in [1.807, 2.05) is 0 Å². The topological polar surface area (TPSA) is 70.2 Å². The third-order valence-corrected chi connectivity index (χ3v) is 5.88. The van der Waals surface area contributed by atoms with Crippen molar-refractivity contribution in [1.29, 1.82) is 0 Å². The minimum absolute atomic E-state index is 0.118. The molecule has 6 heteroatoms. The van der Waals surface area contributed by atoms with Gasteiger partial charge in [0.1, 0.15) is 17.8 Å². The summed E-state index contributed by atoms with van der Waals surface area (Å²) in [5.74, 6) is 1.34. The Labute approximate surface area is 166 Å². The molecular weight excluding hydrogens is 350 g/mol. The third kappa shape index (κ3) is 4.61. The number of carbonyl (C=O) groups is 1. The van der Waals surface area contributed by atoms with Crippen LogP contribution in [0.3, 0.4) is 0 Å². The summed E-state index contributed by atoms with van der Waals surface area (Å²) in [4.78, 5) is 23.2. The van der Waals surface area contributed by atoms with Gasteiger partial charge in [-0.2, -0.15) is 0 Å². The molecular formula is C22H29N5O. The van der Waals surface area contributed by atoms with Crippen LogP contribution in [-0.2, 0) is 0 Å². The second-order valence-corrected chi connectivity index (χ2v) is 8.08. The number of amides is 1. The number of hydrogen-bond acceptors (Lipinski definition) is 5. The van der Waals surface area contributed by atoms with Gasteiger partial charge < -0.3 is 15.5 Å². The molecule has 148 valence electrons. The van der Waals surface area contributed by atoms with E-state index >= 15 is 0 Å². The summed E-state index contributed by atoms with van der Waals surface area (Å²) in [6.45, 7) is 4.58. The lowest BCUT2D eigenvalue weighted by Gasteiger charge is -2.32. The smallest absolute Gasteiger partial charge is 0.270 e. The zero-order valence-corrected chi connectivity index (χ0v) is 16.5. The van der Waals surface area contributed by atoms with Gasteiger partial charge >= 0.3 is 0 Å². The van der Waals surface area contributed by atoms with Crippen molar-refractivity contribution in [2.24, 2.45) is 5.92 Å². The Bertz CT molecular complexity index is 793. The van der Waals surface area contributed by atoms with Crippen LogP contribution in [0.5, 0.6) is 0 Å². The van der Waals surface area contributed by atoms with Crippen molar-refractivity contribution in [1.82, 2.24) is 15.3 Å². The highest BCUT2D eigenvalue weighted by Gasteiger charge is 2.19. The number of rotatable bonds is 5. The van der Waals surface area contributed by atoms with Crippen molar-refractivity contribution < 1.29 is 4.79 Å². The van der Waals surface area contributed by atoms with Gasteiger partial charge in [-0.25, -0.2) is 9.97 Å². The molecule has 6 nitrogen and oxygen atoms in total. The standard InChI is InChI=1S/C22H29N5O/c1-16-10-12-27(13-11-16)19-8-6-18(7-9-19)25-21-14-20(23-15-24-21)22(28)26-17-4-2-3-5-17/h6-9,14-17H,2-5,10-13H2,1H3,(H,26,28)(H,23,24,25). The normalized spacial score (nSPS) is 18.2. The van der Waals surface area contributed by atoms with Crippen LogP contribution in [0.2, 0.25) is 0 Å². The van der Waals surface area contributed by atoms with Gasteiger partial charge in [-0.3, -0.25) is 4.79 Å². The van der Waals surface area contributed by atoms with Gasteiger partial charge in [0.15, 0.2) is 0 Å². The van der Waals surface area contributed by atoms with E-state index < -0.39 is 0 Å². The van der Waals surface area contributed by atoms with Gasteiger partial charge in [0.25, 0.3) is 5.91 Å². The zero-order valence-electron chi connectivity index (χ0n) is 16.5. The van der Waals surface area contributed by atoms with E-state index in [2.05, 4.69) is 56.7 Å². The molecule has 2 N–H and O–H groups in total. The number of carbonyl (C=O) groups excluding carboxylic acids is 1. The van der Waals surface area contributed by atoms with Crippen LogP contribution >= 0.6 is 0 Å². The molecule has 2 aliphatic rings. The lowest BCUT2D eigenvalue weighted by atomic mass is 9.99. The third-order valence-electron chi connectivity index (χ3n) is 5.88. The molecule has 0 spiro atoms. The van der Waals surface area contributed by atoms with Gasteiger partial charge in [0.2, 0.25) is 0 Å². The van der Waals surface area contributed by atoms with Crippen LogP contribution in [0.15, 0.2) is 36.7 Å². The summed E-state index contributed by atoms with van der Waals surface area (Å²) in [7, 11) is 0. The Morgan fingerprint density at radius 1 is 1.04 bits per heavy atom. The van der Waals surface area contributed by atoms with Gasteiger partial charge in [0.05, 0.1) is 0 Å². The van der Waals surface area contributed by atoms with Crippen molar-refractivity contribution >= 4 is 23.1 Å². The molecule has 1 aromatic heterocycles. The summed E-state index contributed by atoms with van der Waals surface area (Å²) < 4.78 is 0. The average Bonchev–Trinajstić information content (AvgIpc) is 3.22. The maximum atomic E-state index is 12.4. The predicted molar refractivity (Wildman–Crippen MR) is 112 cm³/mol. The molecule has 1 amide bonds. The quantitative estimate of drug-likeness (QED) is 0.817. The SMILES string of the molecule is CC1CCN(c2ccc(Nc3cc(C(=O)NC4CCCC4)ncn3)cc2)CC1. The fourth-order valence-electron chi connectivity index (χ4n) is 4.05. The Morgan fingerprint density at radius 2 is 1.75 bits per heavy atom. The Morgan fingerprint density at radius 3 is 2.46 bits per heavy atom. The molecule has 2 fully saturated rings. The fourth-order valence-corrected chi connectivity index (χ4v) is 4.05. The lowest BCUT2D eigenvalue weighted by molar-refractivity contribution is 0.0932. The Kier molecular flexibility index (Phi) is 5.74. The number of hydrogen-bond donors (Lipinski definition) is 2. The first-order chi connectivity index (χ1) is 13.7. The summed E-state index contributed by atoms with van der Waals surface area (Å²) >= 11 is 0. The number of benzene rings is 1. The summed E-state index contributed by atoms with van der Waals surface area (Å²) in [6.07, 6.45) is 8.45. The molecule has 1 saturated heterocycles. The molecule has 2 heterocycles. The van der Waals surface area contributed by atoms with Crippen LogP contribution in [0.4, 0.5) is 17.2 Å². The lowest BCUT2D eigenvalue weighted by Crippen LogP contribution is -2.33. The van der Waals surface area contributed by atoms with E-state index in [9.17, 15) is 4.79 Å². The van der Waals surface area contributed by atoms with Gasteiger partial charge in [0, 0.05) is 36.6 Å². The van der Waals surface area contributed by atoms with Crippen molar-refractivity contribution in [2.75, 3.05) is 23.3 Å². The largest absolute Gasteiger partial charge is 0.372 e. The van der Waals surface area contributed by atoms with Crippen molar-refractivity contribution in [3.05, 3.63) is 42.4 Å². The second-order valence-electron chi connectivity index (χ2n) is 8.08. The van der Waals surface area contributed by atoms with Crippen LogP contribution in [-0.4, -0.2) is 35.0 Å². The Balaban J connectivity index is 1.38. The van der Waals surface area contributed by atoms with E-state index in [0.717, 1.165) is 37.5 Å². The molecule has 0 atom stereocenters. The molecule has 1 aliphatic carbocycles. The molecule has 1 saturated carbocycles. The maximum Gasteiger partial charge on any atom is 0.270 e. The first-order valence-corrected chi connectivity index (χ1v) is 10.4. The van der Waals surface area contributed by atoms with Gasteiger partial charge in [-0.05, 0) is 55.9 Å². The van der Waals surface area contributed by atoms with Crippen molar-refractivity contribution in [3.63, 3.8) is 0 Å². The van der Waals surface area contributed by atoms with E-state index in [-0.39, 0.29) is 11.9 Å². The summed E-state index contributed by atoms with van der Waals surface area (Å²) in [5.41, 5.74) is 2.62. The highest BCUT2D eigenvalue weighted by Crippen LogP contribution is 2.25. The number of nitrogens with one attached hydrogen (secondary N) is 2. The van der Waals surface area contributed by atoms with Crippen molar-refractivity contribution in [3.8, 4) is 0 Å². The number of nitrogens with zero attached hydrogens (tertiary/aromatic N) is 3. The second kappa shape index (κ2) is 8.59. The van der Waals surface area contributed by atoms with Gasteiger partial charge in [-0.1, -0.05) is 19.8 Å². The molecule has 0 bridgehead atoms. The zero-order chi connectivity index (χ0) is 19.3. The summed E-state index contributed by atoms with van der Waals surface area (Å²) in [6, 6.07) is 10.4.